The van der Waals surface area contributed by atoms with Gasteiger partial charge in [0.05, 0.1) is 10.6 Å². The molecule has 1 aromatic rings. The smallest absolute Gasteiger partial charge is 0.315 e. The number of hydrogen-bond acceptors (Lipinski definition) is 2. The Bertz CT molecular complexity index is 463. The first-order valence-corrected chi connectivity index (χ1v) is 6.18. The summed E-state index contributed by atoms with van der Waals surface area (Å²) in [6.07, 6.45) is 1.58. The zero-order valence-electron chi connectivity index (χ0n) is 10.4. The second-order valence-corrected chi connectivity index (χ2v) is 4.07. The molecule has 0 heterocycles. The number of urea groups is 1. The van der Waals surface area contributed by atoms with Gasteiger partial charge in [-0.05, 0) is 12.1 Å². The van der Waals surface area contributed by atoms with Crippen molar-refractivity contribution < 1.29 is 9.59 Å². The molecule has 0 aliphatic rings. The van der Waals surface area contributed by atoms with Crippen LogP contribution in [0, 0.1) is 0 Å². The maximum atomic E-state index is 11.7. The van der Waals surface area contributed by atoms with Crippen LogP contribution in [0.25, 0.3) is 0 Å². The van der Waals surface area contributed by atoms with Gasteiger partial charge in [-0.2, -0.15) is 0 Å². The van der Waals surface area contributed by atoms with Crippen molar-refractivity contribution in [3.05, 3.63) is 47.5 Å². The lowest BCUT2D eigenvalue weighted by Gasteiger charge is -2.08. The summed E-state index contributed by atoms with van der Waals surface area (Å²) in [4.78, 5) is 22.9. The highest BCUT2D eigenvalue weighted by Gasteiger charge is 2.08. The summed E-state index contributed by atoms with van der Waals surface area (Å²) >= 11 is 5.89. The summed E-state index contributed by atoms with van der Waals surface area (Å²) < 4.78 is 0. The van der Waals surface area contributed by atoms with Crippen LogP contribution in [0.15, 0.2) is 36.9 Å². The van der Waals surface area contributed by atoms with Crippen LogP contribution in [0.2, 0.25) is 5.02 Å². The molecule has 1 aromatic carbocycles. The SMILES string of the molecule is C=CCNC(=O)NCCNC(=O)c1ccccc1Cl. The van der Waals surface area contributed by atoms with Crippen molar-refractivity contribution in [3.63, 3.8) is 0 Å². The Kier molecular flexibility index (Phi) is 6.46. The molecule has 0 saturated heterocycles. The minimum Gasteiger partial charge on any atom is -0.350 e. The molecule has 102 valence electrons. The number of carbonyl (C=O) groups is 2. The van der Waals surface area contributed by atoms with E-state index in [4.69, 9.17) is 11.6 Å². The Labute approximate surface area is 117 Å². The van der Waals surface area contributed by atoms with E-state index in [-0.39, 0.29) is 11.9 Å². The number of hydrogen-bond donors (Lipinski definition) is 3. The minimum absolute atomic E-state index is 0.265. The zero-order valence-corrected chi connectivity index (χ0v) is 11.2. The number of amides is 3. The molecule has 0 radical (unpaired) electrons. The molecule has 0 atom stereocenters. The van der Waals surface area contributed by atoms with E-state index in [0.29, 0.717) is 30.2 Å². The topological polar surface area (TPSA) is 70.2 Å². The van der Waals surface area contributed by atoms with E-state index < -0.39 is 0 Å². The van der Waals surface area contributed by atoms with Crippen LogP contribution in [0.3, 0.4) is 0 Å². The molecule has 5 nitrogen and oxygen atoms in total. The molecule has 6 heteroatoms. The summed E-state index contributed by atoms with van der Waals surface area (Å²) in [7, 11) is 0. The number of nitrogens with one attached hydrogen (secondary N) is 3. The molecule has 0 aliphatic heterocycles. The van der Waals surface area contributed by atoms with Crippen molar-refractivity contribution in [2.75, 3.05) is 19.6 Å². The molecule has 1 rings (SSSR count). The maximum Gasteiger partial charge on any atom is 0.315 e. The van der Waals surface area contributed by atoms with Crippen molar-refractivity contribution in [2.24, 2.45) is 0 Å². The average Bonchev–Trinajstić information content (AvgIpc) is 2.41. The summed E-state index contributed by atoms with van der Waals surface area (Å²) in [6, 6.07) is 6.48. The second kappa shape index (κ2) is 8.16. The van der Waals surface area contributed by atoms with Gasteiger partial charge in [0.1, 0.15) is 0 Å². The lowest BCUT2D eigenvalue weighted by Crippen LogP contribution is -2.40. The van der Waals surface area contributed by atoms with Crippen molar-refractivity contribution in [1.82, 2.24) is 16.0 Å². The van der Waals surface area contributed by atoms with Gasteiger partial charge in [0.15, 0.2) is 0 Å². The van der Waals surface area contributed by atoms with Gasteiger partial charge in [-0.3, -0.25) is 4.79 Å². The van der Waals surface area contributed by atoms with Gasteiger partial charge in [0.2, 0.25) is 0 Å². The summed E-state index contributed by atoms with van der Waals surface area (Å²) in [5, 5.41) is 8.22. The van der Waals surface area contributed by atoms with Crippen LogP contribution in [0.4, 0.5) is 4.79 Å². The maximum absolute atomic E-state index is 11.7. The van der Waals surface area contributed by atoms with Crippen molar-refractivity contribution in [2.45, 2.75) is 0 Å². The van der Waals surface area contributed by atoms with E-state index in [0.717, 1.165) is 0 Å². The van der Waals surface area contributed by atoms with E-state index in [2.05, 4.69) is 22.5 Å². The molecule has 0 aromatic heterocycles. The molecule has 0 spiro atoms. The Morgan fingerprint density at radius 1 is 1.16 bits per heavy atom. The van der Waals surface area contributed by atoms with Crippen LogP contribution in [0.1, 0.15) is 10.4 Å². The molecule has 0 saturated carbocycles. The number of benzene rings is 1. The van der Waals surface area contributed by atoms with Crippen LogP contribution in [-0.2, 0) is 0 Å². The highest BCUT2D eigenvalue weighted by molar-refractivity contribution is 6.33. The van der Waals surface area contributed by atoms with Gasteiger partial charge < -0.3 is 16.0 Å². The molecule has 19 heavy (non-hydrogen) atoms. The van der Waals surface area contributed by atoms with Gasteiger partial charge in [0, 0.05) is 19.6 Å². The first-order chi connectivity index (χ1) is 9.15. The fraction of sp³-hybridized carbons (Fsp3) is 0.231. The average molecular weight is 282 g/mol. The highest BCUT2D eigenvalue weighted by Crippen LogP contribution is 2.14. The normalized spacial score (nSPS) is 9.53. The van der Waals surface area contributed by atoms with Crippen LogP contribution >= 0.6 is 11.6 Å². The second-order valence-electron chi connectivity index (χ2n) is 3.66. The number of carbonyl (C=O) groups excluding carboxylic acids is 2. The molecule has 0 fully saturated rings. The van der Waals surface area contributed by atoms with E-state index in [1.54, 1.807) is 30.3 Å². The fourth-order valence-corrected chi connectivity index (χ4v) is 1.54. The third-order valence-electron chi connectivity index (χ3n) is 2.22. The molecule has 0 bridgehead atoms. The first kappa shape index (κ1) is 15.0. The van der Waals surface area contributed by atoms with E-state index >= 15 is 0 Å². The number of rotatable bonds is 6. The first-order valence-electron chi connectivity index (χ1n) is 5.80. The monoisotopic (exact) mass is 281 g/mol. The zero-order chi connectivity index (χ0) is 14.1. The highest BCUT2D eigenvalue weighted by atomic mass is 35.5. The summed E-state index contributed by atoms with van der Waals surface area (Å²) in [5.74, 6) is -0.265. The third-order valence-corrected chi connectivity index (χ3v) is 2.55. The quantitative estimate of drug-likeness (QED) is 0.547. The van der Waals surface area contributed by atoms with Crippen LogP contribution in [-0.4, -0.2) is 31.6 Å². The van der Waals surface area contributed by atoms with Gasteiger partial charge in [-0.1, -0.05) is 29.8 Å². The molecule has 0 unspecified atom stereocenters. The molecule has 3 N–H and O–H groups in total. The van der Waals surface area contributed by atoms with Crippen LogP contribution in [0.5, 0.6) is 0 Å². The molecule has 0 aliphatic carbocycles. The van der Waals surface area contributed by atoms with E-state index in [1.807, 2.05) is 0 Å². The molecular weight excluding hydrogens is 266 g/mol. The van der Waals surface area contributed by atoms with Crippen molar-refractivity contribution >= 4 is 23.5 Å². The Hall–Kier alpha value is -2.01. The van der Waals surface area contributed by atoms with Crippen LogP contribution < -0.4 is 16.0 Å². The summed E-state index contributed by atoms with van der Waals surface area (Å²) in [5.41, 5.74) is 0.417. The Morgan fingerprint density at radius 3 is 2.53 bits per heavy atom. The van der Waals surface area contributed by atoms with Crippen molar-refractivity contribution in [3.8, 4) is 0 Å². The lowest BCUT2D eigenvalue weighted by molar-refractivity contribution is 0.0954. The predicted octanol–water partition coefficient (Wildman–Crippen LogP) is 1.55. The van der Waals surface area contributed by atoms with Gasteiger partial charge in [-0.15, -0.1) is 6.58 Å². The van der Waals surface area contributed by atoms with Gasteiger partial charge in [-0.25, -0.2) is 4.79 Å². The van der Waals surface area contributed by atoms with E-state index in [1.165, 1.54) is 0 Å². The van der Waals surface area contributed by atoms with Gasteiger partial charge in [0.25, 0.3) is 5.91 Å². The number of halogens is 1. The standard InChI is InChI=1S/C13H16ClN3O2/c1-2-7-16-13(19)17-9-8-15-12(18)10-5-3-4-6-11(10)14/h2-6H,1,7-9H2,(H,15,18)(H2,16,17,19). The Morgan fingerprint density at radius 2 is 1.84 bits per heavy atom. The minimum atomic E-state index is -0.299. The molecule has 3 amide bonds. The largest absolute Gasteiger partial charge is 0.350 e. The van der Waals surface area contributed by atoms with Crippen molar-refractivity contribution in [1.29, 1.82) is 0 Å². The summed E-state index contributed by atoms with van der Waals surface area (Å²) in [6.45, 7) is 4.54. The molecular formula is C13H16ClN3O2. The Balaban J connectivity index is 2.26. The fourth-order valence-electron chi connectivity index (χ4n) is 1.32. The lowest BCUT2D eigenvalue weighted by atomic mass is 10.2. The predicted molar refractivity (Wildman–Crippen MR) is 75.4 cm³/mol. The van der Waals surface area contributed by atoms with E-state index in [9.17, 15) is 9.59 Å². The van der Waals surface area contributed by atoms with Gasteiger partial charge >= 0.3 is 6.03 Å². The third kappa shape index (κ3) is 5.44.